The van der Waals surface area contributed by atoms with Crippen LogP contribution in [0.25, 0.3) is 11.5 Å². The Morgan fingerprint density at radius 3 is 2.75 bits per heavy atom. The molecule has 28 heavy (non-hydrogen) atoms. The summed E-state index contributed by atoms with van der Waals surface area (Å²) in [6.45, 7) is 7.12. The van der Waals surface area contributed by atoms with E-state index in [1.807, 2.05) is 43.3 Å². The van der Waals surface area contributed by atoms with Gasteiger partial charge in [0, 0.05) is 12.0 Å². The number of aromatic nitrogens is 1. The molecule has 4 rings (SSSR count). The SMILES string of the molecule is Cc1oc(-c2ccccc2)nc1CCOc1cccc(C[C@H]2CNC[C@@H]2C)c1. The third-order valence-electron chi connectivity index (χ3n) is 5.59. The molecule has 2 heterocycles. The molecule has 3 aromatic rings. The zero-order valence-corrected chi connectivity index (χ0v) is 16.7. The maximum Gasteiger partial charge on any atom is 0.226 e. The van der Waals surface area contributed by atoms with Crippen molar-refractivity contribution in [3.63, 3.8) is 0 Å². The normalized spacial score (nSPS) is 19.1. The lowest BCUT2D eigenvalue weighted by atomic mass is 9.91. The van der Waals surface area contributed by atoms with E-state index in [2.05, 4.69) is 35.4 Å². The molecule has 0 unspecified atom stereocenters. The average Bonchev–Trinajstić information content (AvgIpc) is 3.29. The second kappa shape index (κ2) is 8.61. The van der Waals surface area contributed by atoms with Crippen LogP contribution in [0.4, 0.5) is 0 Å². The Kier molecular flexibility index (Phi) is 5.77. The van der Waals surface area contributed by atoms with Gasteiger partial charge >= 0.3 is 0 Å². The minimum absolute atomic E-state index is 0.590. The van der Waals surface area contributed by atoms with Crippen LogP contribution in [0.2, 0.25) is 0 Å². The number of oxazole rings is 1. The lowest BCUT2D eigenvalue weighted by Gasteiger charge is -2.14. The summed E-state index contributed by atoms with van der Waals surface area (Å²) in [5, 5.41) is 3.48. The van der Waals surface area contributed by atoms with Gasteiger partial charge in [0.1, 0.15) is 11.5 Å². The maximum absolute atomic E-state index is 6.01. The molecule has 4 heteroatoms. The Hall–Kier alpha value is -2.59. The molecule has 2 atom stereocenters. The molecule has 1 N–H and O–H groups in total. The van der Waals surface area contributed by atoms with Gasteiger partial charge in [-0.2, -0.15) is 0 Å². The molecule has 146 valence electrons. The quantitative estimate of drug-likeness (QED) is 0.651. The monoisotopic (exact) mass is 376 g/mol. The summed E-state index contributed by atoms with van der Waals surface area (Å²) in [5.41, 5.74) is 3.31. The van der Waals surface area contributed by atoms with E-state index in [0.29, 0.717) is 18.4 Å². The minimum atomic E-state index is 0.590. The van der Waals surface area contributed by atoms with Crippen molar-refractivity contribution in [1.82, 2.24) is 10.3 Å². The summed E-state index contributed by atoms with van der Waals surface area (Å²) >= 11 is 0. The molecule has 0 aliphatic carbocycles. The van der Waals surface area contributed by atoms with E-state index >= 15 is 0 Å². The van der Waals surface area contributed by atoms with E-state index < -0.39 is 0 Å². The highest BCUT2D eigenvalue weighted by atomic mass is 16.5. The standard InChI is InChI=1S/C24H28N2O2/c1-17-15-25-16-21(17)13-19-7-6-10-22(14-19)27-12-11-23-18(2)28-24(26-23)20-8-4-3-5-9-20/h3-10,14,17,21,25H,11-13,15-16H2,1-2H3/t17-,21-/m0/s1. The van der Waals surface area contributed by atoms with Crippen LogP contribution >= 0.6 is 0 Å². The van der Waals surface area contributed by atoms with Gasteiger partial charge in [-0.3, -0.25) is 0 Å². The number of rotatable bonds is 7. The molecule has 2 aromatic carbocycles. The Labute approximate surface area is 167 Å². The molecular weight excluding hydrogens is 348 g/mol. The first-order valence-electron chi connectivity index (χ1n) is 10.1. The van der Waals surface area contributed by atoms with E-state index in [9.17, 15) is 0 Å². The zero-order valence-electron chi connectivity index (χ0n) is 16.7. The molecule has 1 fully saturated rings. The van der Waals surface area contributed by atoms with Crippen LogP contribution in [-0.4, -0.2) is 24.7 Å². The van der Waals surface area contributed by atoms with Crippen LogP contribution in [0.1, 0.15) is 23.9 Å². The van der Waals surface area contributed by atoms with Crippen molar-refractivity contribution < 1.29 is 9.15 Å². The van der Waals surface area contributed by atoms with E-state index in [0.717, 1.165) is 54.6 Å². The lowest BCUT2D eigenvalue weighted by Crippen LogP contribution is -2.13. The number of hydrogen-bond acceptors (Lipinski definition) is 4. The van der Waals surface area contributed by atoms with Gasteiger partial charge in [-0.15, -0.1) is 0 Å². The summed E-state index contributed by atoms with van der Waals surface area (Å²) in [5.74, 6) is 3.91. The summed E-state index contributed by atoms with van der Waals surface area (Å²) in [7, 11) is 0. The fourth-order valence-electron chi connectivity index (χ4n) is 3.83. The van der Waals surface area contributed by atoms with Crippen LogP contribution < -0.4 is 10.1 Å². The largest absolute Gasteiger partial charge is 0.493 e. The molecule has 1 aliphatic heterocycles. The van der Waals surface area contributed by atoms with E-state index in [-0.39, 0.29) is 0 Å². The van der Waals surface area contributed by atoms with Gasteiger partial charge in [-0.05, 0) is 68.1 Å². The second-order valence-electron chi connectivity index (χ2n) is 7.73. The van der Waals surface area contributed by atoms with Gasteiger partial charge in [0.05, 0.1) is 12.3 Å². The van der Waals surface area contributed by atoms with Crippen molar-refractivity contribution in [3.05, 3.63) is 71.6 Å². The number of ether oxygens (including phenoxy) is 1. The van der Waals surface area contributed by atoms with Gasteiger partial charge in [-0.25, -0.2) is 4.98 Å². The molecule has 1 aromatic heterocycles. The topological polar surface area (TPSA) is 47.3 Å². The van der Waals surface area contributed by atoms with Crippen LogP contribution in [0.5, 0.6) is 5.75 Å². The number of benzene rings is 2. The van der Waals surface area contributed by atoms with Crippen molar-refractivity contribution in [1.29, 1.82) is 0 Å². The van der Waals surface area contributed by atoms with Crippen molar-refractivity contribution in [2.75, 3.05) is 19.7 Å². The highest BCUT2D eigenvalue weighted by molar-refractivity contribution is 5.53. The fourth-order valence-corrected chi connectivity index (χ4v) is 3.83. The zero-order chi connectivity index (χ0) is 19.3. The molecule has 0 radical (unpaired) electrons. The number of aryl methyl sites for hydroxylation is 1. The van der Waals surface area contributed by atoms with Crippen LogP contribution in [0, 0.1) is 18.8 Å². The predicted molar refractivity (Wildman–Crippen MR) is 112 cm³/mol. The molecule has 0 amide bonds. The van der Waals surface area contributed by atoms with Gasteiger partial charge in [0.25, 0.3) is 0 Å². The molecule has 1 aliphatic rings. The third kappa shape index (κ3) is 4.45. The van der Waals surface area contributed by atoms with Crippen molar-refractivity contribution >= 4 is 0 Å². The van der Waals surface area contributed by atoms with Crippen LogP contribution in [-0.2, 0) is 12.8 Å². The van der Waals surface area contributed by atoms with E-state index in [1.54, 1.807) is 0 Å². The van der Waals surface area contributed by atoms with Crippen LogP contribution in [0.3, 0.4) is 0 Å². The highest BCUT2D eigenvalue weighted by Gasteiger charge is 2.23. The highest BCUT2D eigenvalue weighted by Crippen LogP contribution is 2.24. The Bertz CT molecular complexity index is 904. The lowest BCUT2D eigenvalue weighted by molar-refractivity contribution is 0.319. The van der Waals surface area contributed by atoms with Crippen LogP contribution in [0.15, 0.2) is 59.0 Å². The molecule has 4 nitrogen and oxygen atoms in total. The summed E-state index contributed by atoms with van der Waals surface area (Å²) in [6.07, 6.45) is 1.84. The van der Waals surface area contributed by atoms with Gasteiger partial charge < -0.3 is 14.5 Å². The Morgan fingerprint density at radius 1 is 1.11 bits per heavy atom. The maximum atomic E-state index is 6.01. The van der Waals surface area contributed by atoms with Gasteiger partial charge in [0.15, 0.2) is 0 Å². The van der Waals surface area contributed by atoms with E-state index in [4.69, 9.17) is 9.15 Å². The number of nitrogens with zero attached hydrogens (tertiary/aromatic N) is 1. The molecule has 1 saturated heterocycles. The predicted octanol–water partition coefficient (Wildman–Crippen LogP) is 4.67. The summed E-state index contributed by atoms with van der Waals surface area (Å²) in [4.78, 5) is 4.65. The Balaban J connectivity index is 1.34. The first kappa shape index (κ1) is 18.8. The average molecular weight is 377 g/mol. The first-order chi connectivity index (χ1) is 13.7. The van der Waals surface area contributed by atoms with Gasteiger partial charge in [-0.1, -0.05) is 37.3 Å². The molecule has 0 bridgehead atoms. The van der Waals surface area contributed by atoms with Crippen molar-refractivity contribution in [3.8, 4) is 17.2 Å². The molecule has 0 spiro atoms. The number of hydrogen-bond donors (Lipinski definition) is 1. The summed E-state index contributed by atoms with van der Waals surface area (Å²) in [6, 6.07) is 18.5. The minimum Gasteiger partial charge on any atom is -0.493 e. The summed E-state index contributed by atoms with van der Waals surface area (Å²) < 4.78 is 11.8. The number of nitrogens with one attached hydrogen (secondary N) is 1. The second-order valence-corrected chi connectivity index (χ2v) is 7.73. The van der Waals surface area contributed by atoms with Crippen molar-refractivity contribution in [2.24, 2.45) is 11.8 Å². The molecular formula is C24H28N2O2. The molecule has 0 saturated carbocycles. The third-order valence-corrected chi connectivity index (χ3v) is 5.59. The van der Waals surface area contributed by atoms with Gasteiger partial charge in [0.2, 0.25) is 5.89 Å². The fraction of sp³-hybridized carbons (Fsp3) is 0.375. The first-order valence-corrected chi connectivity index (χ1v) is 10.1. The van der Waals surface area contributed by atoms with E-state index in [1.165, 1.54) is 5.56 Å². The smallest absolute Gasteiger partial charge is 0.226 e. The Morgan fingerprint density at radius 2 is 1.96 bits per heavy atom. The van der Waals surface area contributed by atoms with Crippen molar-refractivity contribution in [2.45, 2.75) is 26.7 Å².